The highest BCUT2D eigenvalue weighted by Crippen LogP contribution is 2.47. The lowest BCUT2D eigenvalue weighted by Crippen LogP contribution is -2.66. The van der Waals surface area contributed by atoms with Crippen molar-refractivity contribution < 1.29 is 19.2 Å². The zero-order valence-electron chi connectivity index (χ0n) is 13.4. The second-order valence-electron chi connectivity index (χ2n) is 7.00. The maximum absolute atomic E-state index is 12.1. The van der Waals surface area contributed by atoms with Crippen LogP contribution in [0.2, 0.25) is 0 Å². The number of Topliss-reactive ketones (excluding diaryl/α,β-unsaturated/α-hetero) is 1. The second kappa shape index (κ2) is 5.66. The zero-order valence-corrected chi connectivity index (χ0v) is 13.4. The van der Waals surface area contributed by atoms with Gasteiger partial charge in [0.2, 0.25) is 0 Å². The number of ketones is 1. The Morgan fingerprint density at radius 1 is 1.50 bits per heavy atom. The van der Waals surface area contributed by atoms with Gasteiger partial charge in [0.25, 0.3) is 0 Å². The number of nitrogens with one attached hydrogen (secondary N) is 1. The Kier molecular flexibility index (Phi) is 3.99. The number of carbonyl (C=O) groups is 2. The third-order valence-corrected chi connectivity index (χ3v) is 4.75. The minimum Gasteiger partial charge on any atom is -0.465 e. The van der Waals surface area contributed by atoms with Gasteiger partial charge in [-0.05, 0) is 18.9 Å². The monoisotopic (exact) mass is 308 g/mol. The minimum absolute atomic E-state index is 0.0213. The molecule has 0 aromatic carbocycles. The van der Waals surface area contributed by atoms with E-state index < -0.39 is 0 Å². The van der Waals surface area contributed by atoms with E-state index in [0.717, 1.165) is 13.1 Å². The van der Waals surface area contributed by atoms with Crippen LogP contribution in [0.1, 0.15) is 33.6 Å². The molecule has 3 aliphatic rings. The lowest BCUT2D eigenvalue weighted by atomic mass is 9.62. The Balaban J connectivity index is 1.61. The fraction of sp³-hybridized carbons (Fsp3) is 0.750. The van der Waals surface area contributed by atoms with Crippen LogP contribution in [0.25, 0.3) is 0 Å². The molecular weight excluding hydrogens is 284 g/mol. The van der Waals surface area contributed by atoms with Crippen molar-refractivity contribution in [1.82, 2.24) is 10.4 Å². The third kappa shape index (κ3) is 2.65. The minimum atomic E-state index is -0.377. The van der Waals surface area contributed by atoms with Gasteiger partial charge in [-0.15, -0.1) is 5.48 Å². The summed E-state index contributed by atoms with van der Waals surface area (Å²) in [6.07, 6.45) is 3.37. The fourth-order valence-electron chi connectivity index (χ4n) is 3.67. The number of ether oxygens (including phenoxy) is 1. The highest BCUT2D eigenvalue weighted by Gasteiger charge is 2.54. The van der Waals surface area contributed by atoms with Crippen LogP contribution in [0.5, 0.6) is 0 Å². The van der Waals surface area contributed by atoms with Gasteiger partial charge in [0.1, 0.15) is 23.6 Å². The van der Waals surface area contributed by atoms with Crippen molar-refractivity contribution in [2.45, 2.75) is 39.8 Å². The molecule has 0 aromatic rings. The van der Waals surface area contributed by atoms with Gasteiger partial charge in [0, 0.05) is 31.3 Å². The number of hydrogen-bond donors (Lipinski definition) is 1. The van der Waals surface area contributed by atoms with Crippen molar-refractivity contribution >= 4 is 11.8 Å². The van der Waals surface area contributed by atoms with Crippen LogP contribution in [-0.2, 0) is 19.2 Å². The Morgan fingerprint density at radius 2 is 2.18 bits per heavy atom. The highest BCUT2D eigenvalue weighted by molar-refractivity contribution is 5.86. The van der Waals surface area contributed by atoms with Crippen molar-refractivity contribution in [3.05, 3.63) is 11.8 Å². The molecule has 0 aromatic heterocycles. The summed E-state index contributed by atoms with van der Waals surface area (Å²) in [5.41, 5.74) is 3.19. The number of esters is 1. The van der Waals surface area contributed by atoms with Crippen LogP contribution in [0.15, 0.2) is 11.8 Å². The van der Waals surface area contributed by atoms with Crippen molar-refractivity contribution in [2.24, 2.45) is 17.3 Å². The van der Waals surface area contributed by atoms with E-state index in [1.165, 1.54) is 0 Å². The number of hydrogen-bond acceptors (Lipinski definition) is 6. The van der Waals surface area contributed by atoms with Gasteiger partial charge in [0.05, 0.1) is 6.61 Å². The molecule has 3 rings (SSSR count). The average Bonchev–Trinajstić information content (AvgIpc) is 2.80. The first kappa shape index (κ1) is 15.5. The first-order valence-corrected chi connectivity index (χ1v) is 8.00. The smallest absolute Gasteiger partial charge is 0.316 e. The van der Waals surface area contributed by atoms with Gasteiger partial charge in [-0.2, -0.15) is 0 Å². The number of hydroxylamine groups is 1. The Hall–Kier alpha value is -1.40. The summed E-state index contributed by atoms with van der Waals surface area (Å²) in [7, 11) is 0. The lowest BCUT2D eigenvalue weighted by Gasteiger charge is -2.56. The third-order valence-electron chi connectivity index (χ3n) is 4.75. The van der Waals surface area contributed by atoms with Crippen LogP contribution in [0, 0.1) is 17.3 Å². The standard InChI is InChI=1S/C16H24N2O4/c1-4-21-15(20)14(10(2)3)12-5-13(17-22-12)18-8-16(9-18)6-11(19)7-16/h5,10,13-14,17H,4,6-9H2,1-3H3. The van der Waals surface area contributed by atoms with E-state index in [1.807, 2.05) is 19.9 Å². The van der Waals surface area contributed by atoms with Gasteiger partial charge in [-0.1, -0.05) is 13.8 Å². The molecule has 1 spiro atoms. The zero-order chi connectivity index (χ0) is 15.9. The molecule has 1 saturated carbocycles. The summed E-state index contributed by atoms with van der Waals surface area (Å²) in [5.74, 6) is 0.504. The quantitative estimate of drug-likeness (QED) is 0.771. The van der Waals surface area contributed by atoms with E-state index in [4.69, 9.17) is 9.57 Å². The van der Waals surface area contributed by atoms with E-state index in [-0.39, 0.29) is 29.4 Å². The molecule has 2 heterocycles. The molecule has 2 unspecified atom stereocenters. The summed E-state index contributed by atoms with van der Waals surface area (Å²) in [6.45, 7) is 7.97. The first-order chi connectivity index (χ1) is 10.4. The molecule has 2 fully saturated rings. The molecule has 2 aliphatic heterocycles. The van der Waals surface area contributed by atoms with Gasteiger partial charge in [-0.25, -0.2) is 0 Å². The first-order valence-electron chi connectivity index (χ1n) is 8.00. The Morgan fingerprint density at radius 3 is 2.73 bits per heavy atom. The fourth-order valence-corrected chi connectivity index (χ4v) is 3.67. The summed E-state index contributed by atoms with van der Waals surface area (Å²) in [5, 5.41) is 0. The predicted octanol–water partition coefficient (Wildman–Crippen LogP) is 1.23. The summed E-state index contributed by atoms with van der Waals surface area (Å²) in [4.78, 5) is 31.1. The Labute approximate surface area is 130 Å². The molecule has 0 radical (unpaired) electrons. The van der Waals surface area contributed by atoms with E-state index in [2.05, 4.69) is 10.4 Å². The molecule has 6 heteroatoms. The highest BCUT2D eigenvalue weighted by atomic mass is 16.7. The van der Waals surface area contributed by atoms with Gasteiger partial charge >= 0.3 is 5.97 Å². The molecule has 6 nitrogen and oxygen atoms in total. The summed E-state index contributed by atoms with van der Waals surface area (Å²) in [6, 6.07) is 0. The van der Waals surface area contributed by atoms with E-state index in [0.29, 0.717) is 31.0 Å². The maximum Gasteiger partial charge on any atom is 0.316 e. The summed E-state index contributed by atoms with van der Waals surface area (Å²) >= 11 is 0. The van der Waals surface area contributed by atoms with Crippen molar-refractivity contribution in [1.29, 1.82) is 0 Å². The average molecular weight is 308 g/mol. The Bertz CT molecular complexity index is 498. The molecule has 1 aliphatic carbocycles. The molecule has 0 bridgehead atoms. The lowest BCUT2D eigenvalue weighted by molar-refractivity contribution is -0.151. The largest absolute Gasteiger partial charge is 0.465 e. The van der Waals surface area contributed by atoms with Crippen LogP contribution in [0.4, 0.5) is 0 Å². The number of carbonyl (C=O) groups excluding carboxylic acids is 2. The molecule has 0 amide bonds. The van der Waals surface area contributed by atoms with Crippen molar-refractivity contribution in [3.8, 4) is 0 Å². The maximum atomic E-state index is 12.1. The van der Waals surface area contributed by atoms with Crippen LogP contribution >= 0.6 is 0 Å². The van der Waals surface area contributed by atoms with Gasteiger partial charge < -0.3 is 9.57 Å². The van der Waals surface area contributed by atoms with E-state index in [9.17, 15) is 9.59 Å². The van der Waals surface area contributed by atoms with Gasteiger partial charge in [-0.3, -0.25) is 14.5 Å². The summed E-state index contributed by atoms with van der Waals surface area (Å²) < 4.78 is 5.15. The SMILES string of the molecule is CCOC(=O)C(C1=CC(N2CC3(CC(=O)C3)C2)NO1)C(C)C. The molecular formula is C16H24N2O4. The molecule has 1 N–H and O–H groups in total. The normalized spacial score (nSPS) is 27.9. The van der Waals surface area contributed by atoms with Crippen molar-refractivity contribution in [3.63, 3.8) is 0 Å². The van der Waals surface area contributed by atoms with E-state index >= 15 is 0 Å². The van der Waals surface area contributed by atoms with Crippen LogP contribution in [0.3, 0.4) is 0 Å². The second-order valence-corrected chi connectivity index (χ2v) is 7.00. The van der Waals surface area contributed by atoms with Crippen molar-refractivity contribution in [2.75, 3.05) is 19.7 Å². The predicted molar refractivity (Wildman–Crippen MR) is 79.3 cm³/mol. The molecule has 2 atom stereocenters. The number of nitrogens with zero attached hydrogens (tertiary/aromatic N) is 1. The molecule has 22 heavy (non-hydrogen) atoms. The van der Waals surface area contributed by atoms with Crippen LogP contribution in [-0.4, -0.2) is 42.5 Å². The topological polar surface area (TPSA) is 67.9 Å². The molecule has 1 saturated heterocycles. The van der Waals surface area contributed by atoms with Gasteiger partial charge in [0.15, 0.2) is 0 Å². The van der Waals surface area contributed by atoms with Crippen LogP contribution < -0.4 is 5.48 Å². The van der Waals surface area contributed by atoms with E-state index in [1.54, 1.807) is 6.92 Å². The number of rotatable bonds is 5. The molecule has 122 valence electrons. The number of likely N-dealkylation sites (tertiary alicyclic amines) is 1.